The minimum absolute atomic E-state index is 0.0161. The molecule has 2 aromatic carbocycles. The number of carbonyl (C=O) groups is 1. The Kier molecular flexibility index (Phi) is 6.43. The van der Waals surface area contributed by atoms with Gasteiger partial charge in [0, 0.05) is 10.0 Å². The molecule has 33 heavy (non-hydrogen) atoms. The van der Waals surface area contributed by atoms with Gasteiger partial charge in [0.2, 0.25) is 0 Å². The summed E-state index contributed by atoms with van der Waals surface area (Å²) in [7, 11) is 0. The molecule has 0 saturated heterocycles. The Bertz CT molecular complexity index is 1530. The van der Waals surface area contributed by atoms with Gasteiger partial charge in [0.25, 0.3) is 5.56 Å². The van der Waals surface area contributed by atoms with Crippen molar-refractivity contribution in [2.24, 2.45) is 5.73 Å². The minimum atomic E-state index is -0.894. The van der Waals surface area contributed by atoms with Crippen molar-refractivity contribution in [2.75, 3.05) is 6.61 Å². The Morgan fingerprint density at radius 3 is 2.52 bits per heavy atom. The van der Waals surface area contributed by atoms with Crippen molar-refractivity contribution >= 4 is 52.2 Å². The second kappa shape index (κ2) is 9.28. The van der Waals surface area contributed by atoms with E-state index in [9.17, 15) is 14.9 Å². The van der Waals surface area contributed by atoms with E-state index in [2.05, 4.69) is 6.07 Å². The molecule has 1 aromatic heterocycles. The highest BCUT2D eigenvalue weighted by Crippen LogP contribution is 2.34. The van der Waals surface area contributed by atoms with Crippen molar-refractivity contribution in [3.63, 3.8) is 0 Å². The van der Waals surface area contributed by atoms with Crippen molar-refractivity contribution in [3.8, 4) is 6.07 Å². The first kappa shape index (κ1) is 22.9. The highest BCUT2D eigenvalue weighted by Gasteiger charge is 2.35. The summed E-state index contributed by atoms with van der Waals surface area (Å²) in [6.07, 6.45) is 1.65. The van der Waals surface area contributed by atoms with Crippen LogP contribution in [0.3, 0.4) is 0 Å². The number of fused-ring (bicyclic) bond motifs is 1. The largest absolute Gasteiger partial charge is 0.462 e. The number of ether oxygens (including phenoxy) is 1. The first-order chi connectivity index (χ1) is 15.9. The zero-order valence-electron chi connectivity index (χ0n) is 17.3. The van der Waals surface area contributed by atoms with E-state index in [-0.39, 0.29) is 28.1 Å². The van der Waals surface area contributed by atoms with Gasteiger partial charge in [0.15, 0.2) is 0 Å². The molecule has 0 saturated carbocycles. The van der Waals surface area contributed by atoms with Crippen LogP contribution in [0.1, 0.15) is 24.1 Å². The lowest BCUT2D eigenvalue weighted by Gasteiger charge is -2.25. The van der Waals surface area contributed by atoms with E-state index in [0.29, 0.717) is 25.7 Å². The van der Waals surface area contributed by atoms with Gasteiger partial charge in [-0.1, -0.05) is 59.6 Å². The third kappa shape index (κ3) is 3.98. The monoisotopic (exact) mass is 497 g/mol. The van der Waals surface area contributed by atoms with Gasteiger partial charge in [-0.05, 0) is 36.3 Å². The fourth-order valence-electron chi connectivity index (χ4n) is 3.68. The van der Waals surface area contributed by atoms with E-state index in [1.54, 1.807) is 61.5 Å². The van der Waals surface area contributed by atoms with Crippen molar-refractivity contribution in [2.45, 2.75) is 13.0 Å². The van der Waals surface area contributed by atoms with E-state index in [1.807, 2.05) is 0 Å². The van der Waals surface area contributed by atoms with Crippen molar-refractivity contribution in [1.29, 1.82) is 5.26 Å². The number of thiazole rings is 1. The molecule has 1 atom stereocenters. The van der Waals surface area contributed by atoms with Crippen LogP contribution in [0.15, 0.2) is 64.6 Å². The lowest BCUT2D eigenvalue weighted by molar-refractivity contribution is -0.136. The predicted molar refractivity (Wildman–Crippen MR) is 129 cm³/mol. The van der Waals surface area contributed by atoms with Crippen LogP contribution in [0, 0.1) is 11.3 Å². The molecule has 6 nitrogen and oxygen atoms in total. The lowest BCUT2D eigenvalue weighted by Crippen LogP contribution is -2.41. The zero-order chi connectivity index (χ0) is 23.7. The highest BCUT2D eigenvalue weighted by atomic mass is 35.5. The SMILES string of the molecule is CCOC(=O)C1=c2s/c(=C/c3ccccc3Cl)c(=O)n2[C@@H](c2ccccc2Cl)C(C#N)=C1N. The maximum absolute atomic E-state index is 13.6. The summed E-state index contributed by atoms with van der Waals surface area (Å²) in [4.78, 5) is 26.5. The summed E-state index contributed by atoms with van der Waals surface area (Å²) >= 11 is 13.8. The lowest BCUT2D eigenvalue weighted by atomic mass is 9.93. The van der Waals surface area contributed by atoms with E-state index in [0.717, 1.165) is 11.3 Å². The number of carbonyl (C=O) groups excluding carboxylic acids is 1. The summed E-state index contributed by atoms with van der Waals surface area (Å²) in [5, 5.41) is 10.8. The van der Waals surface area contributed by atoms with Crippen molar-refractivity contribution in [3.05, 3.63) is 101 Å². The zero-order valence-corrected chi connectivity index (χ0v) is 19.7. The van der Waals surface area contributed by atoms with Gasteiger partial charge in [-0.25, -0.2) is 4.79 Å². The second-order valence-electron chi connectivity index (χ2n) is 7.07. The van der Waals surface area contributed by atoms with Crippen LogP contribution in [0.4, 0.5) is 0 Å². The van der Waals surface area contributed by atoms with E-state index in [4.69, 9.17) is 33.7 Å². The van der Waals surface area contributed by atoms with Gasteiger partial charge in [-0.2, -0.15) is 5.26 Å². The average molecular weight is 498 g/mol. The number of rotatable bonds is 4. The summed E-state index contributed by atoms with van der Waals surface area (Å²) in [6, 6.07) is 15.2. The third-order valence-electron chi connectivity index (χ3n) is 5.15. The highest BCUT2D eigenvalue weighted by molar-refractivity contribution is 7.07. The van der Waals surface area contributed by atoms with Crippen LogP contribution < -0.4 is 20.5 Å². The molecule has 0 unspecified atom stereocenters. The number of nitrogens with two attached hydrogens (primary N) is 1. The number of halogens is 2. The number of benzene rings is 2. The van der Waals surface area contributed by atoms with Crippen LogP contribution in [-0.4, -0.2) is 17.1 Å². The quantitative estimate of drug-likeness (QED) is 0.558. The minimum Gasteiger partial charge on any atom is -0.462 e. The Morgan fingerprint density at radius 1 is 1.21 bits per heavy atom. The summed E-state index contributed by atoms with van der Waals surface area (Å²) in [6.45, 7) is 1.77. The number of allylic oxidation sites excluding steroid dienone is 1. The Hall–Kier alpha value is -3.31. The van der Waals surface area contributed by atoms with Gasteiger partial charge in [-0.3, -0.25) is 9.36 Å². The summed E-state index contributed by atoms with van der Waals surface area (Å²) < 4.78 is 7.18. The fourth-order valence-corrected chi connectivity index (χ4v) is 5.27. The number of aromatic nitrogens is 1. The molecule has 4 rings (SSSR count). The molecular weight excluding hydrogens is 481 g/mol. The normalized spacial score (nSPS) is 15.9. The van der Waals surface area contributed by atoms with Gasteiger partial charge in [-0.15, -0.1) is 11.3 Å². The van der Waals surface area contributed by atoms with Gasteiger partial charge in [0.1, 0.15) is 16.3 Å². The maximum Gasteiger partial charge on any atom is 0.343 e. The van der Waals surface area contributed by atoms with E-state index in [1.165, 1.54) is 4.57 Å². The predicted octanol–water partition coefficient (Wildman–Crippen LogP) is 3.10. The molecular formula is C24H17Cl2N3O3S. The number of nitriles is 1. The van der Waals surface area contributed by atoms with Crippen LogP contribution in [0.5, 0.6) is 0 Å². The molecule has 0 amide bonds. The molecule has 1 aliphatic rings. The summed E-state index contributed by atoms with van der Waals surface area (Å²) in [5.41, 5.74) is 7.08. The van der Waals surface area contributed by atoms with Gasteiger partial charge in [0.05, 0.1) is 28.5 Å². The average Bonchev–Trinajstić information content (AvgIpc) is 3.10. The maximum atomic E-state index is 13.6. The molecule has 0 fully saturated rings. The topological polar surface area (TPSA) is 98.1 Å². The molecule has 0 radical (unpaired) electrons. The standard InChI is InChI=1S/C24H17Cl2N3O3S/c1-2-32-24(31)19-20(28)15(12-27)21(14-8-4-6-10-17(14)26)29-22(30)18(33-23(19)29)11-13-7-3-5-9-16(13)25/h3-11,21H,2,28H2,1H3/b18-11+/t21-/m0/s1. The third-order valence-corrected chi connectivity index (χ3v) is 6.95. The van der Waals surface area contributed by atoms with Crippen molar-refractivity contribution < 1.29 is 9.53 Å². The second-order valence-corrected chi connectivity index (χ2v) is 8.92. The smallest absolute Gasteiger partial charge is 0.343 e. The molecule has 3 aromatic rings. The van der Waals surface area contributed by atoms with Crippen LogP contribution in [-0.2, 0) is 9.53 Å². The first-order valence-electron chi connectivity index (χ1n) is 9.92. The van der Waals surface area contributed by atoms with Crippen LogP contribution in [0.2, 0.25) is 10.0 Å². The number of nitrogens with zero attached hydrogens (tertiary/aromatic N) is 2. The number of esters is 1. The van der Waals surface area contributed by atoms with E-state index >= 15 is 0 Å². The summed E-state index contributed by atoms with van der Waals surface area (Å²) in [5.74, 6) is -0.709. The molecule has 166 valence electrons. The molecule has 2 heterocycles. The molecule has 2 N–H and O–H groups in total. The van der Waals surface area contributed by atoms with E-state index < -0.39 is 17.6 Å². The van der Waals surface area contributed by atoms with Crippen LogP contribution >= 0.6 is 34.5 Å². The van der Waals surface area contributed by atoms with Crippen LogP contribution in [0.25, 0.3) is 11.6 Å². The fraction of sp³-hybridized carbons (Fsp3) is 0.125. The molecule has 0 spiro atoms. The van der Waals surface area contributed by atoms with Gasteiger partial charge >= 0.3 is 5.97 Å². The first-order valence-corrected chi connectivity index (χ1v) is 11.5. The van der Waals surface area contributed by atoms with Crippen molar-refractivity contribution in [1.82, 2.24) is 4.57 Å². The Labute approximate surface area is 203 Å². The Morgan fingerprint density at radius 2 is 1.88 bits per heavy atom. The molecule has 1 aliphatic heterocycles. The number of hydrogen-bond donors (Lipinski definition) is 1. The number of hydrogen-bond acceptors (Lipinski definition) is 6. The molecule has 9 heteroatoms. The molecule has 0 bridgehead atoms. The van der Waals surface area contributed by atoms with Gasteiger partial charge < -0.3 is 10.5 Å². The Balaban J connectivity index is 2.14. The molecule has 0 aliphatic carbocycles.